The van der Waals surface area contributed by atoms with Crippen molar-refractivity contribution < 1.29 is 17.9 Å². The van der Waals surface area contributed by atoms with E-state index in [-0.39, 0.29) is 29.1 Å². The van der Waals surface area contributed by atoms with Gasteiger partial charge < -0.3 is 15.0 Å². The van der Waals surface area contributed by atoms with E-state index in [0.29, 0.717) is 30.3 Å². The third-order valence-electron chi connectivity index (χ3n) is 5.84. The number of nitrogens with one attached hydrogen (secondary N) is 1. The molecule has 5 rings (SSSR count). The molecule has 2 aromatic heterocycles. The first kappa shape index (κ1) is 22.9. The number of fused-ring (bicyclic) bond motifs is 1. The van der Waals surface area contributed by atoms with E-state index in [2.05, 4.69) is 10.3 Å². The molecule has 6 nitrogen and oxygen atoms in total. The second-order valence-corrected chi connectivity index (χ2v) is 8.66. The summed E-state index contributed by atoms with van der Waals surface area (Å²) in [5, 5.41) is 3.19. The molecule has 4 aromatic rings. The fraction of sp³-hybridized carbons (Fsp3) is 0.231. The Morgan fingerprint density at radius 2 is 1.51 bits per heavy atom. The first-order valence-electron chi connectivity index (χ1n) is 11.2. The number of halogens is 3. The molecule has 2 aromatic carbocycles. The highest BCUT2D eigenvalue weighted by Gasteiger charge is 2.27. The van der Waals surface area contributed by atoms with Gasteiger partial charge >= 0.3 is 0 Å². The van der Waals surface area contributed by atoms with Crippen LogP contribution >= 0.6 is 0 Å². The molecule has 1 saturated heterocycles. The summed E-state index contributed by atoms with van der Waals surface area (Å²) in [5.74, 6) is -1.02. The molecule has 0 amide bonds. The summed E-state index contributed by atoms with van der Waals surface area (Å²) in [6.07, 6.45) is -0.247. The first-order chi connectivity index (χ1) is 16.8. The standard InChI is InChI=1S/C26H23F3N4O2/c1-15-13-32(14-16(2)35-15)26-22(29)11-21-23(34)12-24(30-19-7-3-17(27)4-8-19)33(25(21)31-26)20-9-5-18(28)6-10-20/h3-12,15-16,30H,13-14H2,1-2H3. The van der Waals surface area contributed by atoms with Crippen molar-refractivity contribution in [3.05, 3.63) is 88.3 Å². The molecule has 2 unspecified atom stereocenters. The zero-order valence-corrected chi connectivity index (χ0v) is 19.1. The minimum atomic E-state index is -0.610. The monoisotopic (exact) mass is 480 g/mol. The normalized spacial score (nSPS) is 18.1. The lowest BCUT2D eigenvalue weighted by molar-refractivity contribution is -0.00563. The number of anilines is 3. The van der Waals surface area contributed by atoms with Gasteiger partial charge in [-0.05, 0) is 68.4 Å². The van der Waals surface area contributed by atoms with Crippen LogP contribution in [0.25, 0.3) is 16.7 Å². The molecule has 0 radical (unpaired) electrons. The zero-order valence-electron chi connectivity index (χ0n) is 19.1. The predicted molar refractivity (Wildman–Crippen MR) is 129 cm³/mol. The SMILES string of the molecule is CC1CN(c2nc3c(cc2F)c(=O)cc(Nc2ccc(F)cc2)n3-c2ccc(F)cc2)CC(C)O1. The minimum Gasteiger partial charge on any atom is -0.372 e. The first-order valence-corrected chi connectivity index (χ1v) is 11.2. The summed E-state index contributed by atoms with van der Waals surface area (Å²) in [6, 6.07) is 13.8. The molecule has 9 heteroatoms. The van der Waals surface area contributed by atoms with Crippen molar-refractivity contribution in [2.24, 2.45) is 0 Å². The van der Waals surface area contributed by atoms with E-state index in [9.17, 15) is 13.6 Å². The van der Waals surface area contributed by atoms with Crippen molar-refractivity contribution in [2.45, 2.75) is 26.1 Å². The van der Waals surface area contributed by atoms with Crippen molar-refractivity contribution in [1.82, 2.24) is 9.55 Å². The third-order valence-corrected chi connectivity index (χ3v) is 5.84. The Morgan fingerprint density at radius 3 is 2.14 bits per heavy atom. The molecule has 1 fully saturated rings. The number of pyridine rings is 2. The van der Waals surface area contributed by atoms with E-state index < -0.39 is 22.9 Å². The fourth-order valence-corrected chi connectivity index (χ4v) is 4.40. The Kier molecular flexibility index (Phi) is 5.94. The van der Waals surface area contributed by atoms with Gasteiger partial charge in [0.15, 0.2) is 22.7 Å². The molecule has 35 heavy (non-hydrogen) atoms. The van der Waals surface area contributed by atoms with Crippen molar-refractivity contribution >= 4 is 28.4 Å². The van der Waals surface area contributed by atoms with Crippen LogP contribution in [-0.2, 0) is 4.74 Å². The second kappa shape index (κ2) is 9.07. The molecular formula is C26H23F3N4O2. The number of benzene rings is 2. The van der Waals surface area contributed by atoms with Gasteiger partial charge in [0.25, 0.3) is 0 Å². The largest absolute Gasteiger partial charge is 0.372 e. The van der Waals surface area contributed by atoms with Gasteiger partial charge in [-0.25, -0.2) is 18.2 Å². The molecule has 1 aliphatic rings. The van der Waals surface area contributed by atoms with E-state index in [1.165, 1.54) is 48.5 Å². The summed E-state index contributed by atoms with van der Waals surface area (Å²) in [6.45, 7) is 4.68. The molecule has 0 spiro atoms. The molecule has 2 atom stereocenters. The molecular weight excluding hydrogens is 457 g/mol. The van der Waals surface area contributed by atoms with Crippen LogP contribution in [0.2, 0.25) is 0 Å². The summed E-state index contributed by atoms with van der Waals surface area (Å²) in [5.41, 5.74) is 0.801. The van der Waals surface area contributed by atoms with Gasteiger partial charge in [-0.3, -0.25) is 9.36 Å². The molecule has 0 saturated carbocycles. The fourth-order valence-electron chi connectivity index (χ4n) is 4.40. The molecule has 3 heterocycles. The summed E-state index contributed by atoms with van der Waals surface area (Å²) in [7, 11) is 0. The molecule has 1 N–H and O–H groups in total. The number of hydrogen-bond acceptors (Lipinski definition) is 5. The van der Waals surface area contributed by atoms with Gasteiger partial charge in [0.05, 0.1) is 17.6 Å². The van der Waals surface area contributed by atoms with Gasteiger partial charge in [0.2, 0.25) is 0 Å². The molecule has 0 aliphatic carbocycles. The number of ether oxygens (including phenoxy) is 1. The van der Waals surface area contributed by atoms with Crippen LogP contribution in [-0.4, -0.2) is 34.8 Å². The van der Waals surface area contributed by atoms with Crippen LogP contribution < -0.4 is 15.6 Å². The Labute approximate surface area is 199 Å². The van der Waals surface area contributed by atoms with Crippen molar-refractivity contribution in [3.63, 3.8) is 0 Å². The van der Waals surface area contributed by atoms with Crippen LogP contribution in [0.3, 0.4) is 0 Å². The number of hydrogen-bond donors (Lipinski definition) is 1. The molecule has 180 valence electrons. The average molecular weight is 480 g/mol. The lowest BCUT2D eigenvalue weighted by atomic mass is 10.2. The van der Waals surface area contributed by atoms with Gasteiger partial charge in [0.1, 0.15) is 17.5 Å². The summed E-state index contributed by atoms with van der Waals surface area (Å²) < 4.78 is 49.7. The Morgan fingerprint density at radius 1 is 0.914 bits per heavy atom. The van der Waals surface area contributed by atoms with Crippen molar-refractivity contribution in [3.8, 4) is 5.69 Å². The number of nitrogens with zero attached hydrogens (tertiary/aromatic N) is 3. The van der Waals surface area contributed by atoms with Gasteiger partial charge in [0, 0.05) is 30.5 Å². The average Bonchev–Trinajstić information content (AvgIpc) is 2.81. The van der Waals surface area contributed by atoms with Crippen LogP contribution in [0.15, 0.2) is 65.5 Å². The molecule has 1 aliphatic heterocycles. The van der Waals surface area contributed by atoms with Crippen molar-refractivity contribution in [1.29, 1.82) is 0 Å². The van der Waals surface area contributed by atoms with E-state index in [0.717, 1.165) is 0 Å². The third kappa shape index (κ3) is 4.59. The summed E-state index contributed by atoms with van der Waals surface area (Å²) >= 11 is 0. The van der Waals surface area contributed by atoms with E-state index >= 15 is 4.39 Å². The highest BCUT2D eigenvalue weighted by molar-refractivity contribution is 5.82. The Bertz CT molecular complexity index is 1430. The number of morpholine rings is 1. The maximum atomic E-state index is 15.2. The van der Waals surface area contributed by atoms with Gasteiger partial charge in [-0.15, -0.1) is 0 Å². The van der Waals surface area contributed by atoms with E-state index in [4.69, 9.17) is 4.74 Å². The maximum Gasteiger partial charge on any atom is 0.193 e. The van der Waals surface area contributed by atoms with Gasteiger partial charge in [-0.2, -0.15) is 0 Å². The highest BCUT2D eigenvalue weighted by atomic mass is 19.1. The lowest BCUT2D eigenvalue weighted by Gasteiger charge is -2.36. The topological polar surface area (TPSA) is 59.4 Å². The van der Waals surface area contributed by atoms with E-state index in [1.54, 1.807) is 21.6 Å². The Balaban J connectivity index is 1.73. The van der Waals surface area contributed by atoms with Crippen molar-refractivity contribution in [2.75, 3.05) is 23.3 Å². The smallest absolute Gasteiger partial charge is 0.193 e. The highest BCUT2D eigenvalue weighted by Crippen LogP contribution is 2.29. The number of aromatic nitrogens is 2. The predicted octanol–water partition coefficient (Wildman–Crippen LogP) is 5.16. The van der Waals surface area contributed by atoms with Crippen LogP contribution in [0.5, 0.6) is 0 Å². The Hall–Kier alpha value is -3.85. The minimum absolute atomic E-state index is 0.0783. The molecule has 0 bridgehead atoms. The quantitative estimate of drug-likeness (QED) is 0.437. The van der Waals surface area contributed by atoms with E-state index in [1.807, 2.05) is 13.8 Å². The lowest BCUT2D eigenvalue weighted by Crippen LogP contribution is -2.46. The van der Waals surface area contributed by atoms with Crippen LogP contribution in [0.4, 0.5) is 30.5 Å². The van der Waals surface area contributed by atoms with Gasteiger partial charge in [-0.1, -0.05) is 0 Å². The number of rotatable bonds is 4. The zero-order chi connectivity index (χ0) is 24.7. The van der Waals surface area contributed by atoms with Crippen LogP contribution in [0, 0.1) is 17.5 Å². The summed E-state index contributed by atoms with van der Waals surface area (Å²) in [4.78, 5) is 19.4. The second-order valence-electron chi connectivity index (χ2n) is 8.66. The maximum absolute atomic E-state index is 15.2. The van der Waals surface area contributed by atoms with Crippen LogP contribution in [0.1, 0.15) is 13.8 Å².